The molecule has 2 atom stereocenters. The van der Waals surface area contributed by atoms with Crippen molar-refractivity contribution in [3.05, 3.63) is 71.8 Å². The van der Waals surface area contributed by atoms with Crippen LogP contribution in [0.1, 0.15) is 58.6 Å². The minimum atomic E-state index is -1.97. The first kappa shape index (κ1) is 23.7. The fraction of sp³-hybridized carbons (Fsp3) is 0.519. The van der Waals surface area contributed by atoms with E-state index in [4.69, 9.17) is 9.16 Å². The van der Waals surface area contributed by atoms with Crippen molar-refractivity contribution >= 4 is 14.3 Å². The Balaban J connectivity index is 2.18. The molecule has 0 radical (unpaired) electrons. The number of rotatable bonds is 9. The smallest absolute Gasteiger partial charge is 0.311 e. The molecule has 2 unspecified atom stereocenters. The fourth-order valence-electron chi connectivity index (χ4n) is 5.29. The lowest BCUT2D eigenvalue weighted by atomic mass is 9.71. The van der Waals surface area contributed by atoms with E-state index in [-0.39, 0.29) is 29.5 Å². The summed E-state index contributed by atoms with van der Waals surface area (Å²) in [6.45, 7) is 10.6. The van der Waals surface area contributed by atoms with Crippen molar-refractivity contribution in [2.24, 2.45) is 5.92 Å². The molecule has 0 N–H and O–H groups in total. The van der Waals surface area contributed by atoms with Gasteiger partial charge in [-0.3, -0.25) is 4.79 Å². The van der Waals surface area contributed by atoms with Crippen LogP contribution in [0.25, 0.3) is 0 Å². The number of carbonyl (C=O) groups excluding carboxylic acids is 1. The lowest BCUT2D eigenvalue weighted by Gasteiger charge is -2.43. The van der Waals surface area contributed by atoms with Gasteiger partial charge in [0.25, 0.3) is 0 Å². The van der Waals surface area contributed by atoms with E-state index in [0.29, 0.717) is 0 Å². The molecule has 1 aliphatic rings. The number of benzene rings is 2. The minimum Gasteiger partial charge on any atom is -0.463 e. The lowest BCUT2D eigenvalue weighted by Crippen LogP contribution is -2.51. The molecule has 0 amide bonds. The first-order chi connectivity index (χ1) is 14.9. The second-order valence-corrected chi connectivity index (χ2v) is 13.8. The van der Waals surface area contributed by atoms with Gasteiger partial charge in [-0.1, -0.05) is 81.4 Å². The molecular formula is C27H38O3Si. The molecule has 3 rings (SSSR count). The number of hydrogen-bond acceptors (Lipinski definition) is 3. The van der Waals surface area contributed by atoms with E-state index in [9.17, 15) is 4.79 Å². The van der Waals surface area contributed by atoms with Gasteiger partial charge in [-0.15, -0.1) is 0 Å². The third-order valence-electron chi connectivity index (χ3n) is 7.24. The predicted molar refractivity (Wildman–Crippen MR) is 130 cm³/mol. The van der Waals surface area contributed by atoms with Crippen LogP contribution in [-0.2, 0) is 19.4 Å². The summed E-state index contributed by atoms with van der Waals surface area (Å²) in [7, 11) is -1.97. The molecule has 2 aromatic rings. The maximum atomic E-state index is 13.3. The van der Waals surface area contributed by atoms with Crippen molar-refractivity contribution in [1.29, 1.82) is 0 Å². The van der Waals surface area contributed by atoms with Crippen LogP contribution in [0.2, 0.25) is 18.1 Å². The quantitative estimate of drug-likeness (QED) is 0.322. The SMILES string of the molecule is CC[Si](CC)(CC)OC1C(C(=O)OC(C)C)CCC1(c1ccccc1)c1ccccc1. The molecule has 1 aliphatic carbocycles. The van der Waals surface area contributed by atoms with Crippen LogP contribution in [0, 0.1) is 5.92 Å². The molecule has 1 fully saturated rings. The topological polar surface area (TPSA) is 35.5 Å². The van der Waals surface area contributed by atoms with E-state index in [1.165, 1.54) is 11.1 Å². The van der Waals surface area contributed by atoms with Crippen LogP contribution in [0.4, 0.5) is 0 Å². The third-order valence-corrected chi connectivity index (χ3v) is 11.9. The van der Waals surface area contributed by atoms with Gasteiger partial charge in [0.2, 0.25) is 0 Å². The van der Waals surface area contributed by atoms with Gasteiger partial charge in [-0.25, -0.2) is 0 Å². The summed E-state index contributed by atoms with van der Waals surface area (Å²) in [4.78, 5) is 13.3. The summed E-state index contributed by atoms with van der Waals surface area (Å²) >= 11 is 0. The predicted octanol–water partition coefficient (Wildman–Crippen LogP) is 6.72. The van der Waals surface area contributed by atoms with Crippen molar-refractivity contribution < 1.29 is 14.0 Å². The Morgan fingerprint density at radius 2 is 1.42 bits per heavy atom. The highest BCUT2D eigenvalue weighted by molar-refractivity contribution is 6.73. The second kappa shape index (κ2) is 10.1. The summed E-state index contributed by atoms with van der Waals surface area (Å²) in [5, 5.41) is 0. The van der Waals surface area contributed by atoms with Gasteiger partial charge in [0.05, 0.1) is 18.1 Å². The monoisotopic (exact) mass is 438 g/mol. The van der Waals surface area contributed by atoms with E-state index in [1.54, 1.807) is 0 Å². The van der Waals surface area contributed by atoms with Gasteiger partial charge in [0.15, 0.2) is 8.32 Å². The molecule has 3 nitrogen and oxygen atoms in total. The van der Waals surface area contributed by atoms with Crippen LogP contribution < -0.4 is 0 Å². The third kappa shape index (κ3) is 4.65. The second-order valence-electron chi connectivity index (χ2n) is 9.12. The van der Waals surface area contributed by atoms with Gasteiger partial charge in [-0.05, 0) is 55.9 Å². The van der Waals surface area contributed by atoms with E-state index in [0.717, 1.165) is 31.0 Å². The van der Waals surface area contributed by atoms with E-state index < -0.39 is 8.32 Å². The number of esters is 1. The zero-order valence-corrected chi connectivity index (χ0v) is 20.8. The largest absolute Gasteiger partial charge is 0.463 e. The van der Waals surface area contributed by atoms with E-state index >= 15 is 0 Å². The van der Waals surface area contributed by atoms with Crippen molar-refractivity contribution in [2.45, 2.75) is 83.2 Å². The average molecular weight is 439 g/mol. The van der Waals surface area contributed by atoms with Crippen LogP contribution in [0.15, 0.2) is 60.7 Å². The molecule has 168 valence electrons. The van der Waals surface area contributed by atoms with Gasteiger partial charge >= 0.3 is 5.97 Å². The van der Waals surface area contributed by atoms with Crippen LogP contribution >= 0.6 is 0 Å². The lowest BCUT2D eigenvalue weighted by molar-refractivity contribution is -0.155. The minimum absolute atomic E-state index is 0.111. The zero-order chi connectivity index (χ0) is 22.5. The molecule has 2 aromatic carbocycles. The Morgan fingerprint density at radius 1 is 0.935 bits per heavy atom. The van der Waals surface area contributed by atoms with Crippen molar-refractivity contribution in [3.8, 4) is 0 Å². The zero-order valence-electron chi connectivity index (χ0n) is 19.8. The van der Waals surface area contributed by atoms with Gasteiger partial charge < -0.3 is 9.16 Å². The average Bonchev–Trinajstić information content (AvgIpc) is 3.18. The Kier molecular flexibility index (Phi) is 7.76. The fourth-order valence-corrected chi connectivity index (χ4v) is 8.19. The van der Waals surface area contributed by atoms with Gasteiger partial charge in [-0.2, -0.15) is 0 Å². The maximum Gasteiger partial charge on any atom is 0.311 e. The number of hydrogen-bond donors (Lipinski definition) is 0. The summed E-state index contributed by atoms with van der Waals surface area (Å²) in [5.41, 5.74) is 2.12. The van der Waals surface area contributed by atoms with Gasteiger partial charge in [0, 0.05) is 5.41 Å². The molecule has 1 saturated carbocycles. The Bertz CT molecular complexity index is 782. The van der Waals surface area contributed by atoms with Crippen LogP contribution in [0.3, 0.4) is 0 Å². The highest BCUT2D eigenvalue weighted by atomic mass is 28.4. The Hall–Kier alpha value is -1.91. The summed E-state index contributed by atoms with van der Waals surface area (Å²) < 4.78 is 13.0. The van der Waals surface area contributed by atoms with Crippen molar-refractivity contribution in [1.82, 2.24) is 0 Å². The van der Waals surface area contributed by atoms with Gasteiger partial charge in [0.1, 0.15) is 0 Å². The van der Waals surface area contributed by atoms with Crippen molar-refractivity contribution in [3.63, 3.8) is 0 Å². The molecule has 0 spiro atoms. The summed E-state index contributed by atoms with van der Waals surface area (Å²) in [5.74, 6) is -0.362. The molecule has 0 saturated heterocycles. The molecule has 0 aromatic heterocycles. The van der Waals surface area contributed by atoms with Crippen molar-refractivity contribution in [2.75, 3.05) is 0 Å². The van der Waals surface area contributed by atoms with Crippen LogP contribution in [0.5, 0.6) is 0 Å². The van der Waals surface area contributed by atoms with E-state index in [2.05, 4.69) is 81.4 Å². The number of carbonyl (C=O) groups is 1. The normalized spacial score (nSPS) is 20.7. The standard InChI is InChI=1S/C27H38O3Si/c1-6-31(7-2,8-3)30-25-24(26(28)29-21(4)5)19-20-27(25,22-15-11-9-12-16-22)23-17-13-10-14-18-23/h9-18,21,24-25H,6-8,19-20H2,1-5H3. The molecule has 0 bridgehead atoms. The first-order valence-electron chi connectivity index (χ1n) is 11.9. The highest BCUT2D eigenvalue weighted by Crippen LogP contribution is 2.52. The Labute approximate surface area is 189 Å². The Morgan fingerprint density at radius 3 is 1.84 bits per heavy atom. The van der Waals surface area contributed by atoms with Crippen LogP contribution in [-0.4, -0.2) is 26.5 Å². The maximum absolute atomic E-state index is 13.3. The molecule has 0 aliphatic heterocycles. The first-order valence-corrected chi connectivity index (χ1v) is 14.4. The molecular weight excluding hydrogens is 400 g/mol. The highest BCUT2D eigenvalue weighted by Gasteiger charge is 2.56. The summed E-state index contributed by atoms with van der Waals surface area (Å²) in [6.07, 6.45) is 1.32. The molecule has 0 heterocycles. The van der Waals surface area contributed by atoms with E-state index in [1.807, 2.05) is 13.8 Å². The molecule has 31 heavy (non-hydrogen) atoms. The summed E-state index contributed by atoms with van der Waals surface area (Å²) in [6, 6.07) is 24.5. The molecule has 4 heteroatoms. The number of ether oxygens (including phenoxy) is 1.